The van der Waals surface area contributed by atoms with Crippen LogP contribution in [0.4, 0.5) is 0 Å². The van der Waals surface area contributed by atoms with Gasteiger partial charge in [0.15, 0.2) is 0 Å². The lowest BCUT2D eigenvalue weighted by molar-refractivity contribution is 0.282. The molecule has 0 atom stereocenters. The summed E-state index contributed by atoms with van der Waals surface area (Å²) in [6.07, 6.45) is 5.57. The van der Waals surface area contributed by atoms with Crippen LogP contribution in [0.25, 0.3) is 17.0 Å². The number of aromatic nitrogens is 3. The maximum absolute atomic E-state index is 9.07. The highest BCUT2D eigenvalue weighted by Crippen LogP contribution is 2.17. The number of fused-ring (bicyclic) bond motifs is 1. The molecule has 3 heterocycles. The Labute approximate surface area is 98.2 Å². The fraction of sp³-hybridized carbons (Fsp3) is 0.0769. The average molecular weight is 225 g/mol. The average Bonchev–Trinajstić information content (AvgIpc) is 2.82. The standard InChI is InChI=1S/C13H11N3O/c17-9-10-4-6-16-8-12(15-13(16)7-10)11-3-1-2-5-14-11/h1-8,17H,9H2. The van der Waals surface area contributed by atoms with Gasteiger partial charge in [-0.05, 0) is 29.8 Å². The molecule has 17 heavy (non-hydrogen) atoms. The van der Waals surface area contributed by atoms with E-state index in [-0.39, 0.29) is 6.61 Å². The molecular formula is C13H11N3O. The summed E-state index contributed by atoms with van der Waals surface area (Å²) in [6.45, 7) is 0.0300. The minimum atomic E-state index is 0.0300. The summed E-state index contributed by atoms with van der Waals surface area (Å²) in [4.78, 5) is 8.74. The van der Waals surface area contributed by atoms with Crippen molar-refractivity contribution in [3.8, 4) is 11.4 Å². The maximum Gasteiger partial charge on any atom is 0.137 e. The van der Waals surface area contributed by atoms with Crippen molar-refractivity contribution in [2.45, 2.75) is 6.61 Å². The smallest absolute Gasteiger partial charge is 0.137 e. The van der Waals surface area contributed by atoms with Crippen molar-refractivity contribution in [2.75, 3.05) is 0 Å². The first-order valence-corrected chi connectivity index (χ1v) is 5.37. The molecule has 0 spiro atoms. The van der Waals surface area contributed by atoms with E-state index in [1.54, 1.807) is 6.20 Å². The molecule has 0 bridgehead atoms. The Morgan fingerprint density at radius 1 is 1.18 bits per heavy atom. The third kappa shape index (κ3) is 1.79. The van der Waals surface area contributed by atoms with Gasteiger partial charge in [-0.2, -0.15) is 0 Å². The van der Waals surface area contributed by atoms with Crippen molar-refractivity contribution in [2.24, 2.45) is 0 Å². The van der Waals surface area contributed by atoms with Gasteiger partial charge in [-0.25, -0.2) is 4.98 Å². The van der Waals surface area contributed by atoms with Crippen molar-refractivity contribution in [3.63, 3.8) is 0 Å². The van der Waals surface area contributed by atoms with Gasteiger partial charge in [0, 0.05) is 18.6 Å². The molecule has 0 unspecified atom stereocenters. The number of imidazole rings is 1. The quantitative estimate of drug-likeness (QED) is 0.724. The van der Waals surface area contributed by atoms with E-state index in [1.807, 2.05) is 47.1 Å². The SMILES string of the molecule is OCc1ccn2cc(-c3ccccn3)nc2c1. The zero-order valence-corrected chi connectivity index (χ0v) is 9.11. The molecule has 0 amide bonds. The van der Waals surface area contributed by atoms with Crippen molar-refractivity contribution in [3.05, 3.63) is 54.5 Å². The van der Waals surface area contributed by atoms with Crippen LogP contribution < -0.4 is 0 Å². The molecule has 0 aliphatic heterocycles. The first kappa shape index (κ1) is 9.99. The molecule has 0 saturated carbocycles. The van der Waals surface area contributed by atoms with Crippen LogP contribution in [0.5, 0.6) is 0 Å². The van der Waals surface area contributed by atoms with Gasteiger partial charge in [-0.1, -0.05) is 6.07 Å². The van der Waals surface area contributed by atoms with Crippen molar-refractivity contribution < 1.29 is 5.11 Å². The van der Waals surface area contributed by atoms with Crippen LogP contribution in [0.2, 0.25) is 0 Å². The predicted molar refractivity (Wildman–Crippen MR) is 64.3 cm³/mol. The molecule has 4 nitrogen and oxygen atoms in total. The molecular weight excluding hydrogens is 214 g/mol. The van der Waals surface area contributed by atoms with Crippen LogP contribution in [-0.2, 0) is 6.61 Å². The molecule has 4 heteroatoms. The lowest BCUT2D eigenvalue weighted by Crippen LogP contribution is -1.87. The monoisotopic (exact) mass is 225 g/mol. The Hall–Kier alpha value is -2.20. The van der Waals surface area contributed by atoms with Gasteiger partial charge < -0.3 is 9.51 Å². The molecule has 1 N–H and O–H groups in total. The van der Waals surface area contributed by atoms with Gasteiger partial charge in [-0.3, -0.25) is 4.98 Å². The number of aliphatic hydroxyl groups excluding tert-OH is 1. The second kappa shape index (κ2) is 3.99. The van der Waals surface area contributed by atoms with E-state index in [0.717, 1.165) is 22.6 Å². The van der Waals surface area contributed by atoms with E-state index in [9.17, 15) is 0 Å². The summed E-state index contributed by atoms with van der Waals surface area (Å²) in [7, 11) is 0. The Balaban J connectivity index is 2.14. The number of rotatable bonds is 2. The van der Waals surface area contributed by atoms with Crippen LogP contribution in [0.1, 0.15) is 5.56 Å². The summed E-state index contributed by atoms with van der Waals surface area (Å²) in [6, 6.07) is 9.48. The van der Waals surface area contributed by atoms with Crippen LogP contribution in [0.15, 0.2) is 48.9 Å². The molecule has 0 aliphatic rings. The summed E-state index contributed by atoms with van der Waals surface area (Å²) in [5.41, 5.74) is 3.36. The number of aliphatic hydroxyl groups is 1. The van der Waals surface area contributed by atoms with Gasteiger partial charge in [0.05, 0.1) is 12.3 Å². The van der Waals surface area contributed by atoms with E-state index < -0.39 is 0 Å². The largest absolute Gasteiger partial charge is 0.392 e. The van der Waals surface area contributed by atoms with Gasteiger partial charge in [0.25, 0.3) is 0 Å². The highest BCUT2D eigenvalue weighted by molar-refractivity contribution is 5.59. The van der Waals surface area contributed by atoms with Gasteiger partial charge >= 0.3 is 0 Å². The van der Waals surface area contributed by atoms with Gasteiger partial charge in [0.1, 0.15) is 11.3 Å². The van der Waals surface area contributed by atoms with Crippen molar-refractivity contribution in [1.29, 1.82) is 0 Å². The van der Waals surface area contributed by atoms with Crippen LogP contribution >= 0.6 is 0 Å². The Morgan fingerprint density at radius 3 is 2.88 bits per heavy atom. The third-order valence-electron chi connectivity index (χ3n) is 2.63. The minimum Gasteiger partial charge on any atom is -0.392 e. The van der Waals surface area contributed by atoms with Crippen LogP contribution in [0.3, 0.4) is 0 Å². The highest BCUT2D eigenvalue weighted by atomic mass is 16.3. The van der Waals surface area contributed by atoms with E-state index >= 15 is 0 Å². The predicted octanol–water partition coefficient (Wildman–Crippen LogP) is 1.89. The van der Waals surface area contributed by atoms with Crippen molar-refractivity contribution >= 4 is 5.65 Å². The van der Waals surface area contributed by atoms with E-state index in [2.05, 4.69) is 9.97 Å². The van der Waals surface area contributed by atoms with E-state index in [0.29, 0.717) is 0 Å². The fourth-order valence-corrected chi connectivity index (χ4v) is 1.76. The second-order valence-electron chi connectivity index (χ2n) is 3.80. The van der Waals surface area contributed by atoms with E-state index in [1.165, 1.54) is 0 Å². The van der Waals surface area contributed by atoms with Crippen LogP contribution in [-0.4, -0.2) is 19.5 Å². The molecule has 0 fully saturated rings. The Kier molecular flexibility index (Phi) is 2.34. The number of pyridine rings is 2. The van der Waals surface area contributed by atoms with Crippen molar-refractivity contribution in [1.82, 2.24) is 14.4 Å². The number of nitrogens with zero attached hydrogens (tertiary/aromatic N) is 3. The summed E-state index contributed by atoms with van der Waals surface area (Å²) < 4.78 is 1.92. The topological polar surface area (TPSA) is 50.4 Å². The normalized spacial score (nSPS) is 10.9. The summed E-state index contributed by atoms with van der Waals surface area (Å²) in [5, 5.41) is 9.07. The lowest BCUT2D eigenvalue weighted by atomic mass is 10.3. The molecule has 0 aliphatic carbocycles. The Morgan fingerprint density at radius 2 is 2.12 bits per heavy atom. The summed E-state index contributed by atoms with van der Waals surface area (Å²) in [5.74, 6) is 0. The number of hydrogen-bond donors (Lipinski definition) is 1. The molecule has 0 aromatic carbocycles. The first-order valence-electron chi connectivity index (χ1n) is 5.37. The molecule has 3 aromatic rings. The first-order chi connectivity index (χ1) is 8.36. The second-order valence-corrected chi connectivity index (χ2v) is 3.80. The van der Waals surface area contributed by atoms with Gasteiger partial charge in [-0.15, -0.1) is 0 Å². The zero-order chi connectivity index (χ0) is 11.7. The minimum absolute atomic E-state index is 0.0300. The Bertz CT molecular complexity index is 646. The maximum atomic E-state index is 9.07. The molecule has 3 aromatic heterocycles. The third-order valence-corrected chi connectivity index (χ3v) is 2.63. The fourth-order valence-electron chi connectivity index (χ4n) is 1.76. The molecule has 84 valence electrons. The molecule has 0 saturated heterocycles. The van der Waals surface area contributed by atoms with Gasteiger partial charge in [0.2, 0.25) is 0 Å². The molecule has 3 rings (SSSR count). The number of hydrogen-bond acceptors (Lipinski definition) is 3. The zero-order valence-electron chi connectivity index (χ0n) is 9.11. The van der Waals surface area contributed by atoms with Crippen LogP contribution in [0, 0.1) is 0 Å². The highest BCUT2D eigenvalue weighted by Gasteiger charge is 2.05. The lowest BCUT2D eigenvalue weighted by Gasteiger charge is -1.95. The van der Waals surface area contributed by atoms with E-state index in [4.69, 9.17) is 5.11 Å². The molecule has 0 radical (unpaired) electrons. The summed E-state index contributed by atoms with van der Waals surface area (Å²) >= 11 is 0.